The molecule has 2 heterocycles. The molecule has 0 unspecified atom stereocenters. The lowest BCUT2D eigenvalue weighted by molar-refractivity contribution is 0.0478. The number of benzene rings is 1. The van der Waals surface area contributed by atoms with Gasteiger partial charge in [-0.25, -0.2) is 14.2 Å². The molecule has 21 heavy (non-hydrogen) atoms. The molecule has 0 atom stereocenters. The third-order valence-electron chi connectivity index (χ3n) is 2.84. The van der Waals surface area contributed by atoms with Crippen molar-refractivity contribution >= 4 is 39.0 Å². The molecule has 0 saturated heterocycles. The van der Waals surface area contributed by atoms with Crippen molar-refractivity contribution in [3.8, 4) is 0 Å². The highest BCUT2D eigenvalue weighted by Gasteiger charge is 2.12. The van der Waals surface area contributed by atoms with Crippen molar-refractivity contribution in [2.24, 2.45) is 0 Å². The largest absolute Gasteiger partial charge is 0.457 e. The maximum atomic E-state index is 13.1. The third-order valence-corrected chi connectivity index (χ3v) is 4.16. The van der Waals surface area contributed by atoms with E-state index in [1.165, 1.54) is 23.5 Å². The molecular formula is C15H9ClFNO2S. The molecule has 0 spiro atoms. The Morgan fingerprint density at radius 3 is 2.90 bits per heavy atom. The summed E-state index contributed by atoms with van der Waals surface area (Å²) in [5.74, 6) is -0.765. The fourth-order valence-electron chi connectivity index (χ4n) is 1.83. The highest BCUT2D eigenvalue weighted by atomic mass is 35.5. The Labute approximate surface area is 129 Å². The minimum absolute atomic E-state index is 0.117. The van der Waals surface area contributed by atoms with Crippen LogP contribution in [0.25, 0.3) is 10.1 Å². The van der Waals surface area contributed by atoms with Crippen LogP contribution in [0.15, 0.2) is 42.6 Å². The number of aromatic nitrogens is 1. The highest BCUT2D eigenvalue weighted by Crippen LogP contribution is 2.27. The monoisotopic (exact) mass is 321 g/mol. The standard InChI is InChI=1S/C15H9ClFNO2S/c16-14-4-1-9(7-18-14)8-20-15(19)13-6-10-5-11(17)2-3-12(10)21-13/h1-7H,8H2. The number of carbonyl (C=O) groups excluding carboxylic acids is 1. The number of carbonyl (C=O) groups is 1. The topological polar surface area (TPSA) is 39.2 Å². The Morgan fingerprint density at radius 1 is 1.29 bits per heavy atom. The Morgan fingerprint density at radius 2 is 2.14 bits per heavy atom. The number of halogens is 2. The first-order valence-corrected chi connectivity index (χ1v) is 7.28. The number of ether oxygens (including phenoxy) is 1. The predicted octanol–water partition coefficient (Wildman–Crippen LogP) is 4.45. The Hall–Kier alpha value is -1.98. The van der Waals surface area contributed by atoms with Crippen LogP contribution in [0.4, 0.5) is 4.39 Å². The van der Waals surface area contributed by atoms with Crippen LogP contribution in [-0.2, 0) is 11.3 Å². The van der Waals surface area contributed by atoms with E-state index in [0.29, 0.717) is 15.4 Å². The molecule has 0 aliphatic heterocycles. The summed E-state index contributed by atoms with van der Waals surface area (Å²) in [6, 6.07) is 9.41. The molecule has 106 valence electrons. The van der Waals surface area contributed by atoms with Crippen molar-refractivity contribution in [1.82, 2.24) is 4.98 Å². The second-order valence-corrected chi connectivity index (χ2v) is 5.83. The lowest BCUT2D eigenvalue weighted by Crippen LogP contribution is -2.03. The van der Waals surface area contributed by atoms with Gasteiger partial charge in [0.15, 0.2) is 0 Å². The molecule has 0 aliphatic rings. The van der Waals surface area contributed by atoms with E-state index in [1.54, 1.807) is 30.5 Å². The summed E-state index contributed by atoms with van der Waals surface area (Å²) in [4.78, 5) is 16.3. The van der Waals surface area contributed by atoms with E-state index in [-0.39, 0.29) is 12.4 Å². The Bertz CT molecular complexity index is 801. The predicted molar refractivity (Wildman–Crippen MR) is 80.1 cm³/mol. The summed E-state index contributed by atoms with van der Waals surface area (Å²) in [6.45, 7) is 0.117. The molecule has 3 aromatic rings. The van der Waals surface area contributed by atoms with Crippen LogP contribution in [0, 0.1) is 5.82 Å². The fraction of sp³-hybridized carbons (Fsp3) is 0.0667. The number of pyridine rings is 1. The molecular weight excluding hydrogens is 313 g/mol. The molecule has 3 rings (SSSR count). The van der Waals surface area contributed by atoms with Gasteiger partial charge in [0.2, 0.25) is 0 Å². The quantitative estimate of drug-likeness (QED) is 0.528. The summed E-state index contributed by atoms with van der Waals surface area (Å²) in [7, 11) is 0. The van der Waals surface area contributed by atoms with Crippen molar-refractivity contribution in [2.75, 3.05) is 0 Å². The number of esters is 1. The van der Waals surface area contributed by atoms with E-state index in [4.69, 9.17) is 16.3 Å². The zero-order valence-corrected chi connectivity index (χ0v) is 12.2. The van der Waals surface area contributed by atoms with Crippen LogP contribution in [0.3, 0.4) is 0 Å². The highest BCUT2D eigenvalue weighted by molar-refractivity contribution is 7.20. The molecule has 3 nitrogen and oxygen atoms in total. The van der Waals surface area contributed by atoms with Crippen molar-refractivity contribution in [3.05, 3.63) is 64.0 Å². The molecule has 0 aliphatic carbocycles. The molecule has 1 aromatic carbocycles. The molecule has 0 fully saturated rings. The van der Waals surface area contributed by atoms with Crippen LogP contribution < -0.4 is 0 Å². The average Bonchev–Trinajstić information content (AvgIpc) is 2.89. The lowest BCUT2D eigenvalue weighted by Gasteiger charge is -2.02. The maximum absolute atomic E-state index is 13.1. The van der Waals surface area contributed by atoms with Gasteiger partial charge in [0.25, 0.3) is 0 Å². The Kier molecular flexibility index (Phi) is 3.86. The number of thiophene rings is 1. The molecule has 0 saturated carbocycles. The van der Waals surface area contributed by atoms with Gasteiger partial charge in [-0.2, -0.15) is 0 Å². The van der Waals surface area contributed by atoms with E-state index in [1.807, 2.05) is 0 Å². The van der Waals surface area contributed by atoms with Crippen molar-refractivity contribution < 1.29 is 13.9 Å². The van der Waals surface area contributed by atoms with Gasteiger partial charge in [-0.1, -0.05) is 17.7 Å². The van der Waals surface area contributed by atoms with Gasteiger partial charge in [0.05, 0.1) is 0 Å². The molecule has 2 aromatic heterocycles. The summed E-state index contributed by atoms with van der Waals surface area (Å²) in [6.07, 6.45) is 1.55. The van der Waals surface area contributed by atoms with Crippen LogP contribution in [-0.4, -0.2) is 11.0 Å². The number of fused-ring (bicyclic) bond motifs is 1. The lowest BCUT2D eigenvalue weighted by atomic mass is 10.2. The summed E-state index contributed by atoms with van der Waals surface area (Å²) in [5, 5.41) is 1.08. The van der Waals surface area contributed by atoms with Crippen LogP contribution in [0.1, 0.15) is 15.2 Å². The summed E-state index contributed by atoms with van der Waals surface area (Å²) in [5.41, 5.74) is 0.750. The minimum atomic E-state index is -0.438. The first-order chi connectivity index (χ1) is 10.1. The zero-order valence-electron chi connectivity index (χ0n) is 10.7. The molecule has 0 N–H and O–H groups in total. The van der Waals surface area contributed by atoms with Gasteiger partial charge in [0, 0.05) is 16.5 Å². The SMILES string of the molecule is O=C(OCc1ccc(Cl)nc1)c1cc2cc(F)ccc2s1. The van der Waals surface area contributed by atoms with Gasteiger partial charge in [0.1, 0.15) is 22.5 Å². The van der Waals surface area contributed by atoms with Crippen molar-refractivity contribution in [3.63, 3.8) is 0 Å². The van der Waals surface area contributed by atoms with Gasteiger partial charge in [-0.15, -0.1) is 11.3 Å². The molecule has 0 bridgehead atoms. The number of hydrogen-bond donors (Lipinski definition) is 0. The number of nitrogens with zero attached hydrogens (tertiary/aromatic N) is 1. The van der Waals surface area contributed by atoms with Crippen molar-refractivity contribution in [1.29, 1.82) is 0 Å². The number of rotatable bonds is 3. The molecule has 6 heteroatoms. The van der Waals surface area contributed by atoms with Gasteiger partial charge >= 0.3 is 5.97 Å². The first-order valence-electron chi connectivity index (χ1n) is 6.08. The van der Waals surface area contributed by atoms with E-state index >= 15 is 0 Å². The Balaban J connectivity index is 1.73. The van der Waals surface area contributed by atoms with Gasteiger partial charge in [-0.3, -0.25) is 0 Å². The van der Waals surface area contributed by atoms with E-state index in [2.05, 4.69) is 4.98 Å². The maximum Gasteiger partial charge on any atom is 0.348 e. The third kappa shape index (κ3) is 3.20. The summed E-state index contributed by atoms with van der Waals surface area (Å²) < 4.78 is 19.2. The summed E-state index contributed by atoms with van der Waals surface area (Å²) >= 11 is 6.95. The molecule has 0 radical (unpaired) electrons. The van der Waals surface area contributed by atoms with Crippen LogP contribution >= 0.6 is 22.9 Å². The fourth-order valence-corrected chi connectivity index (χ4v) is 2.88. The zero-order chi connectivity index (χ0) is 14.8. The number of hydrogen-bond acceptors (Lipinski definition) is 4. The molecule has 0 amide bonds. The van der Waals surface area contributed by atoms with E-state index in [0.717, 1.165) is 10.3 Å². The second-order valence-electron chi connectivity index (χ2n) is 4.36. The van der Waals surface area contributed by atoms with Gasteiger partial charge < -0.3 is 4.74 Å². The van der Waals surface area contributed by atoms with Gasteiger partial charge in [-0.05, 0) is 35.7 Å². The van der Waals surface area contributed by atoms with E-state index in [9.17, 15) is 9.18 Å². The van der Waals surface area contributed by atoms with E-state index < -0.39 is 5.97 Å². The smallest absolute Gasteiger partial charge is 0.348 e. The first kappa shape index (κ1) is 14.0. The second kappa shape index (κ2) is 5.79. The normalized spacial score (nSPS) is 10.8. The van der Waals surface area contributed by atoms with Crippen LogP contribution in [0.5, 0.6) is 0 Å². The average molecular weight is 322 g/mol. The van der Waals surface area contributed by atoms with Crippen molar-refractivity contribution in [2.45, 2.75) is 6.61 Å². The van der Waals surface area contributed by atoms with Crippen LogP contribution in [0.2, 0.25) is 5.15 Å². The minimum Gasteiger partial charge on any atom is -0.457 e.